The number of anilines is 2. The van der Waals surface area contributed by atoms with Gasteiger partial charge in [0.1, 0.15) is 5.82 Å². The highest BCUT2D eigenvalue weighted by atomic mass is 16.5. The molecule has 1 N–H and O–H groups in total. The number of aromatic nitrogens is 2. The van der Waals surface area contributed by atoms with Crippen molar-refractivity contribution in [3.8, 4) is 0 Å². The van der Waals surface area contributed by atoms with Crippen LogP contribution in [0.1, 0.15) is 12.8 Å². The van der Waals surface area contributed by atoms with Gasteiger partial charge in [0.25, 0.3) is 0 Å². The molecule has 2 aliphatic heterocycles. The third kappa shape index (κ3) is 5.30. The highest BCUT2D eigenvalue weighted by molar-refractivity contribution is 5.41. The minimum atomic E-state index is 0.753. The Morgan fingerprint density at radius 1 is 1.00 bits per heavy atom. The number of nitrogens with zero attached hydrogens (tertiary/aromatic N) is 4. The van der Waals surface area contributed by atoms with E-state index >= 15 is 0 Å². The molecule has 0 spiro atoms. The van der Waals surface area contributed by atoms with Crippen molar-refractivity contribution in [2.24, 2.45) is 0 Å². The molecule has 0 aromatic carbocycles. The van der Waals surface area contributed by atoms with E-state index in [1.54, 1.807) is 0 Å². The Balaban J connectivity index is 1.36. The maximum Gasteiger partial charge on any atom is 0.227 e. The van der Waals surface area contributed by atoms with Crippen LogP contribution in [0.4, 0.5) is 11.8 Å². The van der Waals surface area contributed by atoms with Crippen molar-refractivity contribution < 1.29 is 9.47 Å². The van der Waals surface area contributed by atoms with Gasteiger partial charge in [-0.3, -0.25) is 4.90 Å². The molecule has 2 saturated heterocycles. The quantitative estimate of drug-likeness (QED) is 0.747. The van der Waals surface area contributed by atoms with Gasteiger partial charge in [-0.05, 0) is 25.5 Å². The Morgan fingerprint density at radius 3 is 2.52 bits per heavy atom. The minimum Gasteiger partial charge on any atom is -0.379 e. The standard InChI is InChI=1S/C16H27N5O2/c1(2-6-20-7-11-22-12-8-20)4-17-15-3-5-18-16(19-15)21-9-13-23-14-10-21/h3,5H,1-2,4,6-14H2,(H,17,18,19). The summed E-state index contributed by atoms with van der Waals surface area (Å²) in [5.41, 5.74) is 0. The molecule has 0 saturated carbocycles. The van der Waals surface area contributed by atoms with Crippen LogP contribution in [0.25, 0.3) is 0 Å². The summed E-state index contributed by atoms with van der Waals surface area (Å²) in [5.74, 6) is 1.71. The molecule has 1 aromatic rings. The topological polar surface area (TPSA) is 62.8 Å². The first-order chi connectivity index (χ1) is 11.4. The summed E-state index contributed by atoms with van der Waals surface area (Å²) < 4.78 is 10.7. The van der Waals surface area contributed by atoms with Gasteiger partial charge in [0, 0.05) is 38.9 Å². The van der Waals surface area contributed by atoms with Gasteiger partial charge in [0.05, 0.1) is 26.4 Å². The van der Waals surface area contributed by atoms with E-state index in [1.807, 2.05) is 12.3 Å². The van der Waals surface area contributed by atoms with Crippen LogP contribution in [-0.4, -0.2) is 80.6 Å². The molecule has 2 fully saturated rings. The van der Waals surface area contributed by atoms with Crippen LogP contribution in [0.3, 0.4) is 0 Å². The van der Waals surface area contributed by atoms with Gasteiger partial charge in [-0.1, -0.05) is 0 Å². The Hall–Kier alpha value is -1.44. The van der Waals surface area contributed by atoms with E-state index in [0.717, 1.165) is 83.9 Å². The fraction of sp³-hybridized carbons (Fsp3) is 0.750. The molecule has 0 aliphatic carbocycles. The zero-order chi connectivity index (χ0) is 15.7. The number of morpholine rings is 2. The molecule has 0 radical (unpaired) electrons. The van der Waals surface area contributed by atoms with E-state index in [9.17, 15) is 0 Å². The molecule has 2 aliphatic rings. The van der Waals surface area contributed by atoms with Crippen molar-refractivity contribution in [3.05, 3.63) is 12.3 Å². The number of hydrogen-bond donors (Lipinski definition) is 1. The SMILES string of the molecule is c1cc(NCCCCN2CCOCC2)nc(N2CCOCC2)n1. The Morgan fingerprint density at radius 2 is 1.74 bits per heavy atom. The van der Waals surface area contributed by atoms with Crippen molar-refractivity contribution in [1.29, 1.82) is 0 Å². The van der Waals surface area contributed by atoms with E-state index in [4.69, 9.17) is 9.47 Å². The molecular formula is C16H27N5O2. The molecule has 0 amide bonds. The van der Waals surface area contributed by atoms with Crippen LogP contribution < -0.4 is 10.2 Å². The van der Waals surface area contributed by atoms with Gasteiger partial charge in [-0.25, -0.2) is 4.98 Å². The second kappa shape index (κ2) is 9.00. The highest BCUT2D eigenvalue weighted by Crippen LogP contribution is 2.12. The second-order valence-corrected chi connectivity index (χ2v) is 5.93. The molecule has 7 heteroatoms. The van der Waals surface area contributed by atoms with E-state index in [2.05, 4.69) is 25.1 Å². The first-order valence-corrected chi connectivity index (χ1v) is 8.61. The summed E-state index contributed by atoms with van der Waals surface area (Å²) in [6, 6.07) is 1.94. The van der Waals surface area contributed by atoms with Gasteiger partial charge < -0.3 is 19.7 Å². The summed E-state index contributed by atoms with van der Waals surface area (Å²) in [4.78, 5) is 13.6. The Bertz CT molecular complexity index is 462. The van der Waals surface area contributed by atoms with Crippen molar-refractivity contribution >= 4 is 11.8 Å². The van der Waals surface area contributed by atoms with Gasteiger partial charge in [-0.2, -0.15) is 4.98 Å². The minimum absolute atomic E-state index is 0.753. The maximum absolute atomic E-state index is 5.37. The summed E-state index contributed by atoms with van der Waals surface area (Å²) in [6.07, 6.45) is 4.18. The van der Waals surface area contributed by atoms with Crippen molar-refractivity contribution in [2.75, 3.05) is 75.9 Å². The summed E-state index contributed by atoms with van der Waals surface area (Å²) in [7, 11) is 0. The van der Waals surface area contributed by atoms with Gasteiger partial charge >= 0.3 is 0 Å². The fourth-order valence-corrected chi connectivity index (χ4v) is 2.86. The van der Waals surface area contributed by atoms with Crippen LogP contribution in [0, 0.1) is 0 Å². The predicted octanol–water partition coefficient (Wildman–Crippen LogP) is 0.838. The molecule has 3 rings (SSSR count). The molecule has 7 nitrogen and oxygen atoms in total. The Labute approximate surface area is 138 Å². The summed E-state index contributed by atoms with van der Waals surface area (Å²) in [6.45, 7) is 9.24. The van der Waals surface area contributed by atoms with E-state index < -0.39 is 0 Å². The van der Waals surface area contributed by atoms with Crippen molar-refractivity contribution in [2.45, 2.75) is 12.8 Å². The normalized spacial score (nSPS) is 19.7. The van der Waals surface area contributed by atoms with E-state index in [1.165, 1.54) is 6.42 Å². The largest absolute Gasteiger partial charge is 0.379 e. The van der Waals surface area contributed by atoms with Crippen LogP contribution >= 0.6 is 0 Å². The zero-order valence-corrected chi connectivity index (χ0v) is 13.7. The summed E-state index contributed by atoms with van der Waals surface area (Å²) in [5, 5.41) is 3.41. The third-order valence-electron chi connectivity index (χ3n) is 4.25. The lowest BCUT2D eigenvalue weighted by molar-refractivity contribution is 0.0373. The highest BCUT2D eigenvalue weighted by Gasteiger charge is 2.14. The Kier molecular flexibility index (Phi) is 6.43. The van der Waals surface area contributed by atoms with Gasteiger partial charge in [-0.15, -0.1) is 0 Å². The summed E-state index contributed by atoms with van der Waals surface area (Å²) >= 11 is 0. The molecule has 128 valence electrons. The van der Waals surface area contributed by atoms with Gasteiger partial charge in [0.15, 0.2) is 0 Å². The molecule has 0 atom stereocenters. The predicted molar refractivity (Wildman–Crippen MR) is 90.0 cm³/mol. The van der Waals surface area contributed by atoms with Gasteiger partial charge in [0.2, 0.25) is 5.95 Å². The first-order valence-electron chi connectivity index (χ1n) is 8.61. The molecule has 3 heterocycles. The zero-order valence-electron chi connectivity index (χ0n) is 13.7. The second-order valence-electron chi connectivity index (χ2n) is 5.93. The van der Waals surface area contributed by atoms with E-state index in [-0.39, 0.29) is 0 Å². The average molecular weight is 321 g/mol. The number of ether oxygens (including phenoxy) is 2. The van der Waals surface area contributed by atoms with Crippen LogP contribution in [0.5, 0.6) is 0 Å². The number of rotatable bonds is 7. The fourth-order valence-electron chi connectivity index (χ4n) is 2.86. The van der Waals surface area contributed by atoms with E-state index in [0.29, 0.717) is 0 Å². The monoisotopic (exact) mass is 321 g/mol. The lowest BCUT2D eigenvalue weighted by Gasteiger charge is -2.27. The molecule has 0 bridgehead atoms. The van der Waals surface area contributed by atoms with Crippen LogP contribution in [0.2, 0.25) is 0 Å². The average Bonchev–Trinajstić information content (AvgIpc) is 2.63. The van der Waals surface area contributed by atoms with Crippen molar-refractivity contribution in [3.63, 3.8) is 0 Å². The molecule has 23 heavy (non-hydrogen) atoms. The smallest absolute Gasteiger partial charge is 0.227 e. The number of nitrogens with one attached hydrogen (secondary N) is 1. The third-order valence-corrected chi connectivity index (χ3v) is 4.25. The van der Waals surface area contributed by atoms with Crippen LogP contribution in [0.15, 0.2) is 12.3 Å². The molecular weight excluding hydrogens is 294 g/mol. The number of hydrogen-bond acceptors (Lipinski definition) is 7. The maximum atomic E-state index is 5.37. The lowest BCUT2D eigenvalue weighted by atomic mass is 10.2. The lowest BCUT2D eigenvalue weighted by Crippen LogP contribution is -2.37. The van der Waals surface area contributed by atoms with Crippen molar-refractivity contribution in [1.82, 2.24) is 14.9 Å². The molecule has 1 aromatic heterocycles. The van der Waals surface area contributed by atoms with Crippen LogP contribution in [-0.2, 0) is 9.47 Å². The molecule has 0 unspecified atom stereocenters. The first kappa shape index (κ1) is 16.4. The number of unbranched alkanes of at least 4 members (excludes halogenated alkanes) is 1.